The van der Waals surface area contributed by atoms with Crippen LogP contribution in [-0.4, -0.2) is 90.6 Å². The third-order valence-corrected chi connectivity index (χ3v) is 6.30. The minimum Gasteiger partial charge on any atom is -0.422 e. The Morgan fingerprint density at radius 1 is 0.974 bits per heavy atom. The maximum absolute atomic E-state index is 14.5. The van der Waals surface area contributed by atoms with E-state index in [0.717, 1.165) is 4.90 Å². The molecule has 0 aromatic rings. The van der Waals surface area contributed by atoms with Gasteiger partial charge >= 0.3 is 24.1 Å². The smallest absolute Gasteiger partial charge is 0.422 e. The molecule has 0 spiro atoms. The zero-order valence-electron chi connectivity index (χ0n) is 22.5. The van der Waals surface area contributed by atoms with Gasteiger partial charge in [-0.25, -0.2) is 4.79 Å². The van der Waals surface area contributed by atoms with Crippen molar-refractivity contribution in [1.82, 2.24) is 20.4 Å². The Hall–Kier alpha value is -2.97. The molecule has 0 unspecified atom stereocenters. The summed E-state index contributed by atoms with van der Waals surface area (Å²) >= 11 is 0. The van der Waals surface area contributed by atoms with Gasteiger partial charge in [0.1, 0.15) is 12.1 Å². The third-order valence-electron chi connectivity index (χ3n) is 6.30. The largest absolute Gasteiger partial charge is 0.461 e. The molecular weight excluding hydrogens is 535 g/mol. The molecule has 0 bridgehead atoms. The lowest BCUT2D eigenvalue weighted by atomic mass is 10.0. The van der Waals surface area contributed by atoms with Gasteiger partial charge in [0.15, 0.2) is 0 Å². The van der Waals surface area contributed by atoms with Crippen molar-refractivity contribution in [2.24, 2.45) is 11.8 Å². The molecule has 0 aromatic heterocycles. The van der Waals surface area contributed by atoms with Crippen molar-refractivity contribution in [2.45, 2.75) is 71.6 Å². The van der Waals surface area contributed by atoms with E-state index in [1.54, 1.807) is 13.8 Å². The lowest BCUT2D eigenvalue weighted by molar-refractivity contribution is -0.276. The molecule has 10 nitrogen and oxygen atoms in total. The number of esters is 1. The summed E-state index contributed by atoms with van der Waals surface area (Å²) in [7, 11) is 0. The van der Waals surface area contributed by atoms with E-state index in [4.69, 9.17) is 4.74 Å². The highest BCUT2D eigenvalue weighted by Gasteiger charge is 2.63. The Bertz CT molecular complexity index is 963. The topological polar surface area (TPSA) is 117 Å². The fourth-order valence-corrected chi connectivity index (χ4v) is 4.41. The van der Waals surface area contributed by atoms with E-state index in [0.29, 0.717) is 33.2 Å². The number of amides is 4. The van der Waals surface area contributed by atoms with Gasteiger partial charge in [0.2, 0.25) is 17.6 Å². The molecule has 0 aliphatic carbocycles. The minimum absolute atomic E-state index is 0.0345. The van der Waals surface area contributed by atoms with Crippen molar-refractivity contribution in [2.75, 3.05) is 32.8 Å². The lowest BCUT2D eigenvalue weighted by Gasteiger charge is -2.34. The quantitative estimate of drug-likeness (QED) is 0.262. The van der Waals surface area contributed by atoms with Gasteiger partial charge in [0, 0.05) is 26.6 Å². The number of hydrogen-bond donors (Lipinski definition) is 2. The lowest BCUT2D eigenvalue weighted by Crippen LogP contribution is -2.57. The van der Waals surface area contributed by atoms with Gasteiger partial charge in [-0.2, -0.15) is 22.0 Å². The monoisotopic (exact) mass is 570 g/mol. The van der Waals surface area contributed by atoms with Gasteiger partial charge in [-0.3, -0.25) is 19.7 Å². The highest BCUT2D eigenvalue weighted by molar-refractivity contribution is 6.01. The zero-order chi connectivity index (χ0) is 29.7. The number of imide groups is 1. The maximum Gasteiger partial charge on any atom is 0.461 e. The predicted molar refractivity (Wildman–Crippen MR) is 127 cm³/mol. The first-order valence-corrected chi connectivity index (χ1v) is 12.6. The molecule has 39 heavy (non-hydrogen) atoms. The number of halogens is 5. The maximum atomic E-state index is 14.5. The summed E-state index contributed by atoms with van der Waals surface area (Å²) in [6, 6.07) is -2.97. The Morgan fingerprint density at radius 2 is 1.56 bits per heavy atom. The van der Waals surface area contributed by atoms with Crippen LogP contribution >= 0.6 is 0 Å². The molecule has 2 fully saturated rings. The summed E-state index contributed by atoms with van der Waals surface area (Å²) in [5.41, 5.74) is -0.668. The normalized spacial score (nSPS) is 20.1. The molecule has 2 aliphatic rings. The van der Waals surface area contributed by atoms with Gasteiger partial charge in [0.25, 0.3) is 0 Å². The van der Waals surface area contributed by atoms with Crippen LogP contribution in [0.25, 0.3) is 0 Å². The second kappa shape index (κ2) is 12.9. The molecule has 2 rings (SSSR count). The van der Waals surface area contributed by atoms with Gasteiger partial charge in [0.05, 0.1) is 18.9 Å². The number of carbonyl (C=O) groups is 4. The first-order valence-electron chi connectivity index (χ1n) is 12.6. The van der Waals surface area contributed by atoms with Crippen LogP contribution in [0.2, 0.25) is 0 Å². The Morgan fingerprint density at radius 3 is 2.05 bits per heavy atom. The summed E-state index contributed by atoms with van der Waals surface area (Å²) in [6.45, 7) is 7.79. The summed E-state index contributed by atoms with van der Waals surface area (Å²) in [5.74, 6) is -12.1. The molecule has 2 atom stereocenters. The number of urea groups is 1. The van der Waals surface area contributed by atoms with Gasteiger partial charge in [-0.1, -0.05) is 27.7 Å². The van der Waals surface area contributed by atoms with E-state index in [-0.39, 0.29) is 19.4 Å². The van der Waals surface area contributed by atoms with Crippen LogP contribution in [0.1, 0.15) is 47.5 Å². The summed E-state index contributed by atoms with van der Waals surface area (Å²) < 4.78 is 78.6. The number of nitrogens with one attached hydrogen (secondary N) is 2. The van der Waals surface area contributed by atoms with Gasteiger partial charge < -0.3 is 24.6 Å². The Labute approximate surface area is 223 Å². The molecule has 15 heteroatoms. The van der Waals surface area contributed by atoms with E-state index in [9.17, 15) is 41.1 Å². The number of ether oxygens (including phenoxy) is 2. The van der Waals surface area contributed by atoms with Crippen LogP contribution in [0.4, 0.5) is 26.7 Å². The highest BCUT2D eigenvalue weighted by Crippen LogP contribution is 2.45. The second-order valence-corrected chi connectivity index (χ2v) is 10.0. The molecular formula is C24H35F5N4O6. The summed E-state index contributed by atoms with van der Waals surface area (Å²) in [5, 5.41) is 4.74. The van der Waals surface area contributed by atoms with Crippen LogP contribution in [0, 0.1) is 11.8 Å². The molecule has 2 N–H and O–H groups in total. The number of carbonyl (C=O) groups excluding carboxylic acids is 4. The number of allylic oxidation sites excluding steroid dienone is 2. The average Bonchev–Trinajstić information content (AvgIpc) is 3.30. The zero-order valence-corrected chi connectivity index (χ0v) is 22.5. The van der Waals surface area contributed by atoms with Crippen LogP contribution in [0.5, 0.6) is 0 Å². The van der Waals surface area contributed by atoms with Crippen molar-refractivity contribution in [3.8, 4) is 0 Å². The number of rotatable bonds is 8. The van der Waals surface area contributed by atoms with E-state index in [1.165, 1.54) is 18.7 Å². The Kier molecular flexibility index (Phi) is 10.7. The second-order valence-electron chi connectivity index (χ2n) is 10.0. The molecule has 4 amide bonds. The predicted octanol–water partition coefficient (Wildman–Crippen LogP) is 2.79. The highest BCUT2D eigenvalue weighted by atomic mass is 19.4. The van der Waals surface area contributed by atoms with Crippen LogP contribution in [0.3, 0.4) is 0 Å². The van der Waals surface area contributed by atoms with Crippen molar-refractivity contribution in [3.05, 3.63) is 11.5 Å². The van der Waals surface area contributed by atoms with Crippen molar-refractivity contribution in [3.63, 3.8) is 0 Å². The average molecular weight is 571 g/mol. The van der Waals surface area contributed by atoms with Crippen molar-refractivity contribution < 1.29 is 50.6 Å². The number of likely N-dealkylation sites (tertiary alicyclic amines) is 1. The number of nitrogens with zero attached hydrogens (tertiary/aromatic N) is 2. The molecule has 0 radical (unpaired) electrons. The molecule has 2 saturated heterocycles. The number of alkyl halides is 5. The van der Waals surface area contributed by atoms with Crippen LogP contribution < -0.4 is 10.6 Å². The van der Waals surface area contributed by atoms with E-state index >= 15 is 0 Å². The molecule has 0 aromatic carbocycles. The standard InChI is InChI=1S/C24H35F5N4O6/c1-13(2)17(30-22(37)32-9-11-38-12-10-32)21(36)31-20(35)16-7-6-8-33(16)18(14(3)4)19(39-15(5)34)23(25,26)24(27,28)29/h13-14,16-17H,6-12H2,1-5H3,(H,30,37)(H,31,35,36)/b19-18-/t16-,17-/m0/s1. The SMILES string of the molecule is CC(=O)O/C(=C(/C(C)C)N1CCC[C@H]1C(=O)NC(=O)[C@@H](NC(=O)N1CCOCC1)C(C)C)C(F)(F)C(F)(F)F. The minimum atomic E-state index is -6.07. The van der Waals surface area contributed by atoms with Crippen LogP contribution in [0.15, 0.2) is 11.5 Å². The van der Waals surface area contributed by atoms with E-state index in [1.807, 2.05) is 0 Å². The van der Waals surface area contributed by atoms with Crippen molar-refractivity contribution >= 4 is 23.8 Å². The molecule has 222 valence electrons. The third kappa shape index (κ3) is 7.79. The fraction of sp³-hybridized carbons (Fsp3) is 0.750. The molecule has 2 heterocycles. The summed E-state index contributed by atoms with van der Waals surface area (Å²) in [6.07, 6.45) is -5.81. The van der Waals surface area contributed by atoms with E-state index < -0.39 is 71.3 Å². The van der Waals surface area contributed by atoms with Crippen LogP contribution in [-0.2, 0) is 23.9 Å². The van der Waals surface area contributed by atoms with Crippen molar-refractivity contribution in [1.29, 1.82) is 0 Å². The molecule has 2 aliphatic heterocycles. The van der Waals surface area contributed by atoms with Gasteiger partial charge in [-0.05, 0) is 24.7 Å². The number of morpholine rings is 1. The number of hydrogen-bond acceptors (Lipinski definition) is 7. The fourth-order valence-electron chi connectivity index (χ4n) is 4.41. The Balaban J connectivity index is 2.33. The summed E-state index contributed by atoms with van der Waals surface area (Å²) in [4.78, 5) is 52.7. The first kappa shape index (κ1) is 32.2. The van der Waals surface area contributed by atoms with Gasteiger partial charge in [-0.15, -0.1) is 0 Å². The first-order chi connectivity index (χ1) is 18.0. The van der Waals surface area contributed by atoms with E-state index in [2.05, 4.69) is 15.4 Å². The molecule has 0 saturated carbocycles.